The van der Waals surface area contributed by atoms with E-state index in [0.29, 0.717) is 16.9 Å². The van der Waals surface area contributed by atoms with E-state index in [1.165, 1.54) is 5.56 Å². The van der Waals surface area contributed by atoms with Crippen LogP contribution in [0.4, 0.5) is 28.4 Å². The van der Waals surface area contributed by atoms with Gasteiger partial charge in [0.2, 0.25) is 0 Å². The van der Waals surface area contributed by atoms with Gasteiger partial charge in [-0.2, -0.15) is 0 Å². The number of nitrogens with zero attached hydrogens (tertiary/aromatic N) is 2. The Balaban J connectivity index is 1.25. The largest absolute Gasteiger partial charge is 0.497 e. The topological polar surface area (TPSA) is 42.0 Å². The Morgan fingerprint density at radius 3 is 1.69 bits per heavy atom. The van der Waals surface area contributed by atoms with Crippen LogP contribution in [0.1, 0.15) is 34.0 Å². The predicted molar refractivity (Wildman–Crippen MR) is 215 cm³/mol. The molecule has 0 spiro atoms. The van der Waals surface area contributed by atoms with Gasteiger partial charge in [0.15, 0.2) is 5.78 Å². The number of hydrogen-bond acceptors (Lipinski definition) is 5. The number of hydrogen-bond donors (Lipinski definition) is 0. The normalized spacial score (nSPS) is 11.5. The van der Waals surface area contributed by atoms with Gasteiger partial charge >= 0.3 is 0 Å². The van der Waals surface area contributed by atoms with Crippen LogP contribution in [-0.2, 0) is 0 Å². The highest BCUT2D eigenvalue weighted by Gasteiger charge is 2.16. The minimum Gasteiger partial charge on any atom is -0.497 e. The van der Waals surface area contributed by atoms with Gasteiger partial charge in [0.1, 0.15) is 11.5 Å². The van der Waals surface area contributed by atoms with Crippen molar-refractivity contribution in [2.75, 3.05) is 16.9 Å². The third-order valence-corrected chi connectivity index (χ3v) is 8.76. The second kappa shape index (κ2) is 16.9. The average Bonchev–Trinajstić information content (AvgIpc) is 3.19. The lowest BCUT2D eigenvalue weighted by molar-refractivity contribution is 0.103. The molecule has 0 bridgehead atoms. The molecule has 0 aliphatic rings. The third-order valence-electron chi connectivity index (χ3n) is 8.76. The molecule has 0 saturated carbocycles. The summed E-state index contributed by atoms with van der Waals surface area (Å²) in [6.07, 6.45) is 9.66. The summed E-state index contributed by atoms with van der Waals surface area (Å²) in [6.45, 7) is 6.07. The maximum Gasteiger partial charge on any atom is 0.193 e. The summed E-state index contributed by atoms with van der Waals surface area (Å²) in [5.41, 5.74) is 9.66. The highest BCUT2D eigenvalue weighted by Crippen LogP contribution is 2.38. The highest BCUT2D eigenvalue weighted by molar-refractivity contribution is 6.09. The van der Waals surface area contributed by atoms with Crippen molar-refractivity contribution in [1.29, 1.82) is 0 Å². The summed E-state index contributed by atoms with van der Waals surface area (Å²) in [6, 6.07) is 50.3. The Hall–Kier alpha value is -6.59. The van der Waals surface area contributed by atoms with Crippen LogP contribution >= 0.6 is 0 Å². The number of benzene rings is 6. The lowest BCUT2D eigenvalue weighted by Gasteiger charge is -2.29. The van der Waals surface area contributed by atoms with Gasteiger partial charge in [-0.05, 0) is 153 Å². The zero-order valence-corrected chi connectivity index (χ0v) is 29.9. The van der Waals surface area contributed by atoms with E-state index in [1.807, 2.05) is 118 Å². The molecule has 0 radical (unpaired) electrons. The number of allylic oxidation sites excluding steroid dienone is 4. The zero-order chi connectivity index (χ0) is 36.3. The third kappa shape index (κ3) is 8.40. The van der Waals surface area contributed by atoms with Crippen molar-refractivity contribution in [3.8, 4) is 11.5 Å². The second-order valence-electron chi connectivity index (χ2n) is 12.2. The molecular weight excluding hydrogens is 641 g/mol. The number of methoxy groups -OCH3 is 1. The first-order valence-electron chi connectivity index (χ1n) is 17.3. The quantitative estimate of drug-likeness (QED) is 0.0689. The van der Waals surface area contributed by atoms with Crippen LogP contribution in [0, 0.1) is 13.8 Å². The highest BCUT2D eigenvalue weighted by atomic mass is 16.5. The number of carbonyl (C=O) groups is 1. The molecule has 5 nitrogen and oxygen atoms in total. The zero-order valence-electron chi connectivity index (χ0n) is 29.9. The molecule has 0 saturated heterocycles. The smallest absolute Gasteiger partial charge is 0.193 e. The van der Waals surface area contributed by atoms with E-state index < -0.39 is 0 Å². The fourth-order valence-electron chi connectivity index (χ4n) is 5.90. The molecule has 258 valence electrons. The fraction of sp³-hybridized carbons (Fsp3) is 0.0851. The molecule has 6 aromatic carbocycles. The lowest BCUT2D eigenvalue weighted by atomic mass is 9.99. The van der Waals surface area contributed by atoms with Crippen molar-refractivity contribution in [1.82, 2.24) is 0 Å². The number of aryl methyl sites for hydroxylation is 2. The van der Waals surface area contributed by atoms with Crippen molar-refractivity contribution in [2.24, 2.45) is 0 Å². The van der Waals surface area contributed by atoms with Crippen LogP contribution in [-0.4, -0.2) is 12.9 Å². The summed E-state index contributed by atoms with van der Waals surface area (Å²) in [5, 5.41) is 0. The summed E-state index contributed by atoms with van der Waals surface area (Å²) >= 11 is 0. The lowest BCUT2D eigenvalue weighted by Crippen LogP contribution is -2.15. The van der Waals surface area contributed by atoms with Gasteiger partial charge in [-0.25, -0.2) is 0 Å². The fourth-order valence-corrected chi connectivity index (χ4v) is 5.90. The van der Waals surface area contributed by atoms with Crippen molar-refractivity contribution in [3.05, 3.63) is 210 Å². The summed E-state index contributed by atoms with van der Waals surface area (Å²) in [7, 11) is 1.68. The number of rotatable bonds is 13. The Labute approximate surface area is 307 Å². The average molecular weight is 683 g/mol. The van der Waals surface area contributed by atoms with Crippen LogP contribution in [0.5, 0.6) is 11.5 Å². The number of ketones is 1. The number of carbonyl (C=O) groups excluding carboxylic acids is 1. The molecule has 6 rings (SSSR count). The molecule has 0 fully saturated rings. The standard InChI is InChI=1S/C47H42N2O3/c1-5-13-39(18-12-33-52-46-29-21-37(22-30-46)47(50)38-20-19-35(2)36(3)34-38)48(40-14-8-6-9-15-40)42-23-25-43(26-24-42)49(41-16-10-7-11-17-41)44-27-31-45(51-4)32-28-44/h5-34H,1-4H3/b13-5-,33-12+,39-18+. The van der Waals surface area contributed by atoms with Crippen LogP contribution in [0.3, 0.4) is 0 Å². The van der Waals surface area contributed by atoms with Gasteiger partial charge in [0.25, 0.3) is 0 Å². The van der Waals surface area contributed by atoms with E-state index in [2.05, 4.69) is 76.5 Å². The van der Waals surface area contributed by atoms with Gasteiger partial charge in [-0.1, -0.05) is 54.6 Å². The molecule has 0 aromatic heterocycles. The van der Waals surface area contributed by atoms with Crippen LogP contribution in [0.25, 0.3) is 0 Å². The first-order chi connectivity index (χ1) is 25.4. The van der Waals surface area contributed by atoms with Gasteiger partial charge in [0.05, 0.1) is 13.4 Å². The minimum atomic E-state index is -0.00772. The van der Waals surface area contributed by atoms with Gasteiger partial charge in [0, 0.05) is 45.3 Å². The SMILES string of the molecule is C\C=C/C(=C\C=C\Oc1ccc(C(=O)c2ccc(C)c(C)c2)cc1)N(c1ccccc1)c1ccc(N(c2ccccc2)c2ccc(OC)cc2)cc1. The van der Waals surface area contributed by atoms with Crippen molar-refractivity contribution in [3.63, 3.8) is 0 Å². The molecule has 5 heteroatoms. The molecule has 6 aromatic rings. The summed E-state index contributed by atoms with van der Waals surface area (Å²) in [5.74, 6) is 1.45. The van der Waals surface area contributed by atoms with E-state index in [0.717, 1.165) is 45.4 Å². The Morgan fingerprint density at radius 1 is 0.577 bits per heavy atom. The molecule has 0 atom stereocenters. The number of ether oxygens (including phenoxy) is 2. The maximum absolute atomic E-state index is 13.0. The minimum absolute atomic E-state index is 0.00772. The molecule has 0 unspecified atom stereocenters. The second-order valence-corrected chi connectivity index (χ2v) is 12.2. The van der Waals surface area contributed by atoms with E-state index in [-0.39, 0.29) is 5.78 Å². The molecule has 0 aliphatic heterocycles. The van der Waals surface area contributed by atoms with Crippen molar-refractivity contribution in [2.45, 2.75) is 20.8 Å². The number of anilines is 5. The van der Waals surface area contributed by atoms with Crippen molar-refractivity contribution >= 4 is 34.2 Å². The maximum atomic E-state index is 13.0. The van der Waals surface area contributed by atoms with Gasteiger partial charge in [-0.3, -0.25) is 4.79 Å². The van der Waals surface area contributed by atoms with Gasteiger partial charge < -0.3 is 19.3 Å². The summed E-state index contributed by atoms with van der Waals surface area (Å²) < 4.78 is 11.4. The Morgan fingerprint density at radius 2 is 1.10 bits per heavy atom. The van der Waals surface area contributed by atoms with E-state index in [9.17, 15) is 4.79 Å². The Bertz CT molecular complexity index is 2170. The predicted octanol–water partition coefficient (Wildman–Crippen LogP) is 12.2. The van der Waals surface area contributed by atoms with E-state index in [4.69, 9.17) is 9.47 Å². The molecule has 52 heavy (non-hydrogen) atoms. The number of para-hydroxylation sites is 2. The first kappa shape index (κ1) is 35.2. The van der Waals surface area contributed by atoms with Gasteiger partial charge in [-0.15, -0.1) is 0 Å². The molecule has 0 N–H and O–H groups in total. The molecule has 0 aliphatic carbocycles. The van der Waals surface area contributed by atoms with Crippen LogP contribution in [0.2, 0.25) is 0 Å². The van der Waals surface area contributed by atoms with E-state index in [1.54, 1.807) is 25.5 Å². The van der Waals surface area contributed by atoms with Crippen LogP contribution in [0.15, 0.2) is 188 Å². The first-order valence-corrected chi connectivity index (χ1v) is 17.3. The van der Waals surface area contributed by atoms with Crippen LogP contribution < -0.4 is 19.3 Å². The molecular formula is C47H42N2O3. The monoisotopic (exact) mass is 682 g/mol. The Kier molecular flexibility index (Phi) is 11.4. The van der Waals surface area contributed by atoms with Crippen molar-refractivity contribution < 1.29 is 14.3 Å². The molecule has 0 heterocycles. The molecule has 0 amide bonds. The van der Waals surface area contributed by atoms with E-state index >= 15 is 0 Å². The summed E-state index contributed by atoms with van der Waals surface area (Å²) in [4.78, 5) is 17.5.